The number of carbonyl (C=O) groups excluding carboxylic acids is 1. The molecule has 1 aromatic carbocycles. The Hall–Kier alpha value is -1.97. The van der Waals surface area contributed by atoms with Gasteiger partial charge in [0.1, 0.15) is 12.0 Å². The highest BCUT2D eigenvalue weighted by Gasteiger charge is 2.02. The van der Waals surface area contributed by atoms with E-state index in [4.69, 9.17) is 0 Å². The number of aldehydes is 1. The molecule has 0 saturated heterocycles. The molecule has 4 heteroatoms. The van der Waals surface area contributed by atoms with Crippen molar-refractivity contribution in [1.29, 1.82) is 0 Å². The first-order chi connectivity index (χ1) is 6.79. The van der Waals surface area contributed by atoms with Crippen LogP contribution in [0.15, 0.2) is 30.5 Å². The SMILES string of the molecule is Cn1cc(-c2cccc(C=O)c2)nn1. The van der Waals surface area contributed by atoms with Crippen molar-refractivity contribution < 1.29 is 4.79 Å². The topological polar surface area (TPSA) is 47.8 Å². The zero-order valence-corrected chi connectivity index (χ0v) is 7.71. The van der Waals surface area contributed by atoms with E-state index in [2.05, 4.69) is 10.3 Å². The summed E-state index contributed by atoms with van der Waals surface area (Å²) >= 11 is 0. The third-order valence-electron chi connectivity index (χ3n) is 1.92. The minimum absolute atomic E-state index is 0.646. The summed E-state index contributed by atoms with van der Waals surface area (Å²) in [6.45, 7) is 0. The monoisotopic (exact) mass is 187 g/mol. The molecule has 0 fully saturated rings. The van der Waals surface area contributed by atoms with Crippen LogP contribution >= 0.6 is 0 Å². The Kier molecular flexibility index (Phi) is 2.10. The van der Waals surface area contributed by atoms with Crippen LogP contribution in [0.1, 0.15) is 10.4 Å². The molecule has 0 aliphatic heterocycles. The first kappa shape index (κ1) is 8.62. The fraction of sp³-hybridized carbons (Fsp3) is 0.100. The fourth-order valence-electron chi connectivity index (χ4n) is 1.25. The van der Waals surface area contributed by atoms with Crippen molar-refractivity contribution in [3.8, 4) is 11.3 Å². The first-order valence-corrected chi connectivity index (χ1v) is 4.21. The fourth-order valence-corrected chi connectivity index (χ4v) is 1.25. The lowest BCUT2D eigenvalue weighted by atomic mass is 10.1. The molecule has 4 nitrogen and oxygen atoms in total. The van der Waals surface area contributed by atoms with Gasteiger partial charge in [-0.2, -0.15) is 0 Å². The minimum atomic E-state index is 0.646. The number of hydrogen-bond acceptors (Lipinski definition) is 3. The molecular formula is C10H9N3O. The molecule has 2 aromatic rings. The first-order valence-electron chi connectivity index (χ1n) is 4.21. The molecule has 0 radical (unpaired) electrons. The molecule has 70 valence electrons. The van der Waals surface area contributed by atoms with E-state index in [0.717, 1.165) is 17.5 Å². The van der Waals surface area contributed by atoms with E-state index in [-0.39, 0.29) is 0 Å². The van der Waals surface area contributed by atoms with Crippen molar-refractivity contribution in [2.24, 2.45) is 7.05 Å². The third kappa shape index (κ3) is 1.54. The highest BCUT2D eigenvalue weighted by atomic mass is 16.1. The van der Waals surface area contributed by atoms with Gasteiger partial charge in [-0.3, -0.25) is 9.48 Å². The van der Waals surface area contributed by atoms with Crippen LogP contribution in [0, 0.1) is 0 Å². The van der Waals surface area contributed by atoms with Crippen LogP contribution in [-0.4, -0.2) is 21.3 Å². The molecule has 0 N–H and O–H groups in total. The predicted octanol–water partition coefficient (Wildman–Crippen LogP) is 1.29. The van der Waals surface area contributed by atoms with Crippen molar-refractivity contribution in [1.82, 2.24) is 15.0 Å². The molecule has 14 heavy (non-hydrogen) atoms. The van der Waals surface area contributed by atoms with Gasteiger partial charge in [-0.25, -0.2) is 0 Å². The lowest BCUT2D eigenvalue weighted by Crippen LogP contribution is -1.85. The Labute approximate surface area is 81.2 Å². The van der Waals surface area contributed by atoms with Crippen LogP contribution in [0.5, 0.6) is 0 Å². The Morgan fingerprint density at radius 2 is 2.29 bits per heavy atom. The van der Waals surface area contributed by atoms with Gasteiger partial charge in [0.25, 0.3) is 0 Å². The van der Waals surface area contributed by atoms with Gasteiger partial charge in [0.15, 0.2) is 0 Å². The Morgan fingerprint density at radius 3 is 2.93 bits per heavy atom. The summed E-state index contributed by atoms with van der Waals surface area (Å²) in [7, 11) is 1.81. The van der Waals surface area contributed by atoms with Crippen LogP contribution in [0.4, 0.5) is 0 Å². The highest BCUT2D eigenvalue weighted by Crippen LogP contribution is 2.16. The zero-order chi connectivity index (χ0) is 9.97. The van der Waals surface area contributed by atoms with Gasteiger partial charge < -0.3 is 0 Å². The second-order valence-corrected chi connectivity index (χ2v) is 3.02. The number of benzene rings is 1. The van der Waals surface area contributed by atoms with Gasteiger partial charge in [-0.1, -0.05) is 23.4 Å². The van der Waals surface area contributed by atoms with Gasteiger partial charge in [-0.05, 0) is 6.07 Å². The number of rotatable bonds is 2. The molecule has 0 spiro atoms. The van der Waals surface area contributed by atoms with Gasteiger partial charge in [-0.15, -0.1) is 5.10 Å². The average Bonchev–Trinajstić information content (AvgIpc) is 2.65. The minimum Gasteiger partial charge on any atom is -0.298 e. The zero-order valence-electron chi connectivity index (χ0n) is 7.71. The summed E-state index contributed by atoms with van der Waals surface area (Å²) in [4.78, 5) is 10.6. The second kappa shape index (κ2) is 3.41. The number of nitrogens with zero attached hydrogens (tertiary/aromatic N) is 3. The number of aromatic nitrogens is 3. The van der Waals surface area contributed by atoms with Crippen LogP contribution in [-0.2, 0) is 7.05 Å². The van der Waals surface area contributed by atoms with Crippen LogP contribution in [0.25, 0.3) is 11.3 Å². The van der Waals surface area contributed by atoms with Crippen molar-refractivity contribution in [2.45, 2.75) is 0 Å². The lowest BCUT2D eigenvalue weighted by molar-refractivity contribution is 0.112. The van der Waals surface area contributed by atoms with Crippen molar-refractivity contribution in [2.75, 3.05) is 0 Å². The summed E-state index contributed by atoms with van der Waals surface area (Å²) in [6, 6.07) is 7.27. The van der Waals surface area contributed by atoms with Gasteiger partial charge in [0.2, 0.25) is 0 Å². The number of aryl methyl sites for hydroxylation is 1. The van der Waals surface area contributed by atoms with E-state index in [1.807, 2.05) is 18.3 Å². The van der Waals surface area contributed by atoms with E-state index >= 15 is 0 Å². The summed E-state index contributed by atoms with van der Waals surface area (Å²) in [6.07, 6.45) is 2.63. The molecule has 1 aromatic heterocycles. The maximum atomic E-state index is 10.6. The van der Waals surface area contributed by atoms with Crippen LogP contribution in [0.3, 0.4) is 0 Å². The maximum Gasteiger partial charge on any atom is 0.150 e. The Morgan fingerprint density at radius 1 is 1.43 bits per heavy atom. The van der Waals surface area contributed by atoms with Crippen LogP contribution in [0.2, 0.25) is 0 Å². The molecule has 1 heterocycles. The summed E-state index contributed by atoms with van der Waals surface area (Å²) in [5.74, 6) is 0. The molecular weight excluding hydrogens is 178 g/mol. The van der Waals surface area contributed by atoms with E-state index in [0.29, 0.717) is 5.56 Å². The highest BCUT2D eigenvalue weighted by molar-refractivity contribution is 5.77. The summed E-state index contributed by atoms with van der Waals surface area (Å²) < 4.78 is 1.63. The quantitative estimate of drug-likeness (QED) is 0.665. The molecule has 0 saturated carbocycles. The largest absolute Gasteiger partial charge is 0.298 e. The third-order valence-corrected chi connectivity index (χ3v) is 1.92. The van der Waals surface area contributed by atoms with Gasteiger partial charge in [0, 0.05) is 18.2 Å². The van der Waals surface area contributed by atoms with Gasteiger partial charge in [0.05, 0.1) is 6.20 Å². The van der Waals surface area contributed by atoms with Crippen LogP contribution < -0.4 is 0 Å². The molecule has 0 aliphatic carbocycles. The number of carbonyl (C=O) groups is 1. The van der Waals surface area contributed by atoms with Crippen molar-refractivity contribution in [3.05, 3.63) is 36.0 Å². The molecule has 0 unspecified atom stereocenters. The average molecular weight is 187 g/mol. The van der Waals surface area contributed by atoms with E-state index in [9.17, 15) is 4.79 Å². The normalized spacial score (nSPS) is 10.1. The van der Waals surface area contributed by atoms with E-state index < -0.39 is 0 Å². The molecule has 0 atom stereocenters. The predicted molar refractivity (Wildman–Crippen MR) is 51.8 cm³/mol. The second-order valence-electron chi connectivity index (χ2n) is 3.02. The summed E-state index contributed by atoms with van der Waals surface area (Å²) in [5, 5.41) is 7.79. The standard InChI is InChI=1S/C10H9N3O/c1-13-6-10(11-12-13)9-4-2-3-8(5-9)7-14/h2-7H,1H3. The Balaban J connectivity index is 2.46. The van der Waals surface area contributed by atoms with E-state index in [1.165, 1.54) is 0 Å². The van der Waals surface area contributed by atoms with E-state index in [1.54, 1.807) is 23.9 Å². The van der Waals surface area contributed by atoms with Gasteiger partial charge >= 0.3 is 0 Å². The maximum absolute atomic E-state index is 10.6. The van der Waals surface area contributed by atoms with Crippen molar-refractivity contribution >= 4 is 6.29 Å². The number of hydrogen-bond donors (Lipinski definition) is 0. The molecule has 0 aliphatic rings. The Bertz CT molecular complexity index is 462. The smallest absolute Gasteiger partial charge is 0.150 e. The summed E-state index contributed by atoms with van der Waals surface area (Å²) in [5.41, 5.74) is 2.33. The lowest BCUT2D eigenvalue weighted by Gasteiger charge is -1.95. The van der Waals surface area contributed by atoms with Crippen molar-refractivity contribution in [3.63, 3.8) is 0 Å². The molecule has 0 amide bonds. The molecule has 0 bridgehead atoms. The molecule has 2 rings (SSSR count).